The lowest BCUT2D eigenvalue weighted by Gasteiger charge is -2.11. The molecule has 0 spiro atoms. The van der Waals surface area contributed by atoms with E-state index in [1.807, 2.05) is 97.1 Å². The number of aromatic nitrogens is 8. The van der Waals surface area contributed by atoms with Crippen LogP contribution in [0, 0.1) is 0 Å². The fraction of sp³-hybridized carbons (Fsp3) is 0. The molecule has 0 aliphatic heterocycles. The second-order valence-electron chi connectivity index (χ2n) is 13.8. The number of hydrogen-bond acceptors (Lipinski definition) is 8. The summed E-state index contributed by atoms with van der Waals surface area (Å²) in [4.78, 5) is 37.8. The molecule has 0 N–H and O–H groups in total. The van der Waals surface area contributed by atoms with E-state index in [0.29, 0.717) is 34.9 Å². The highest BCUT2D eigenvalue weighted by Crippen LogP contribution is 2.33. The highest BCUT2D eigenvalue weighted by molar-refractivity contribution is 5.91. The second-order valence-corrected chi connectivity index (χ2v) is 13.8. The van der Waals surface area contributed by atoms with Gasteiger partial charge in [-0.2, -0.15) is 0 Å². The molecule has 0 radical (unpaired) electrons. The van der Waals surface area contributed by atoms with Crippen molar-refractivity contribution in [1.29, 1.82) is 0 Å². The highest BCUT2D eigenvalue weighted by atomic mass is 15.0. The first-order valence-electron chi connectivity index (χ1n) is 18.9. The summed E-state index contributed by atoms with van der Waals surface area (Å²) < 4.78 is 0. The molecule has 8 heteroatoms. The zero-order valence-electron chi connectivity index (χ0n) is 31.1. The Balaban J connectivity index is 1.00. The largest absolute Gasteiger partial charge is 0.265 e. The van der Waals surface area contributed by atoms with Crippen LogP contribution < -0.4 is 0 Å². The number of hydrogen-bond donors (Lipinski definition) is 0. The molecule has 10 aromatic rings. The van der Waals surface area contributed by atoms with Gasteiger partial charge in [-0.15, -0.1) is 0 Å². The van der Waals surface area contributed by atoms with Crippen molar-refractivity contribution >= 4 is 10.8 Å². The van der Waals surface area contributed by atoms with Gasteiger partial charge in [0.25, 0.3) is 0 Å². The molecule has 58 heavy (non-hydrogen) atoms. The Morgan fingerprint density at radius 3 is 0.914 bits per heavy atom. The van der Waals surface area contributed by atoms with Crippen LogP contribution in [0.1, 0.15) is 0 Å². The molecule has 0 atom stereocenters. The molecule has 0 unspecified atom stereocenters. The maximum absolute atomic E-state index is 4.95. The maximum atomic E-state index is 4.95. The van der Waals surface area contributed by atoms with Crippen LogP contribution in [0.25, 0.3) is 101 Å². The molecular weight excluding hydrogens is 713 g/mol. The minimum absolute atomic E-state index is 0.597. The van der Waals surface area contributed by atoms with Crippen molar-refractivity contribution in [3.8, 4) is 90.6 Å². The van der Waals surface area contributed by atoms with E-state index in [1.165, 1.54) is 0 Å². The Morgan fingerprint density at radius 1 is 0.207 bits per heavy atom. The summed E-state index contributed by atoms with van der Waals surface area (Å²) in [5.74, 6) is 3.64. The van der Waals surface area contributed by atoms with E-state index in [0.717, 1.165) is 66.4 Å². The van der Waals surface area contributed by atoms with Gasteiger partial charge in [0.05, 0.1) is 0 Å². The number of benzene rings is 6. The van der Waals surface area contributed by atoms with E-state index in [2.05, 4.69) is 82.8 Å². The normalized spacial score (nSPS) is 11.1. The summed E-state index contributed by atoms with van der Waals surface area (Å²) in [6, 6.07) is 57.6. The minimum Gasteiger partial charge on any atom is -0.265 e. The summed E-state index contributed by atoms with van der Waals surface area (Å²) in [6.45, 7) is 0. The van der Waals surface area contributed by atoms with Crippen LogP contribution in [-0.2, 0) is 0 Å². The van der Waals surface area contributed by atoms with Crippen LogP contribution in [0.3, 0.4) is 0 Å². The molecule has 0 aliphatic carbocycles. The number of pyridine rings is 2. The van der Waals surface area contributed by atoms with E-state index in [1.54, 1.807) is 24.8 Å². The number of fused-ring (bicyclic) bond motifs is 1. The average molecular weight is 745 g/mol. The predicted octanol–water partition coefficient (Wildman–Crippen LogP) is 11.3. The van der Waals surface area contributed by atoms with Crippen molar-refractivity contribution in [3.63, 3.8) is 0 Å². The van der Waals surface area contributed by atoms with Crippen molar-refractivity contribution in [2.45, 2.75) is 0 Å². The Kier molecular flexibility index (Phi) is 9.02. The van der Waals surface area contributed by atoms with Gasteiger partial charge < -0.3 is 0 Å². The second kappa shape index (κ2) is 15.2. The van der Waals surface area contributed by atoms with E-state index < -0.39 is 0 Å². The van der Waals surface area contributed by atoms with Crippen molar-refractivity contribution in [3.05, 3.63) is 195 Å². The van der Waals surface area contributed by atoms with Gasteiger partial charge in [0.15, 0.2) is 34.9 Å². The molecule has 0 saturated heterocycles. The molecule has 10 rings (SSSR count). The lowest BCUT2D eigenvalue weighted by molar-refractivity contribution is 1.07. The lowest BCUT2D eigenvalue weighted by Crippen LogP contribution is -2.00. The predicted molar refractivity (Wildman–Crippen MR) is 230 cm³/mol. The van der Waals surface area contributed by atoms with Crippen molar-refractivity contribution in [2.24, 2.45) is 0 Å². The van der Waals surface area contributed by atoms with Gasteiger partial charge in [-0.25, -0.2) is 29.9 Å². The molecule has 0 amide bonds. The topological polar surface area (TPSA) is 103 Å². The van der Waals surface area contributed by atoms with Gasteiger partial charge in [-0.1, -0.05) is 121 Å². The Labute approximate surface area is 334 Å². The minimum atomic E-state index is 0.597. The summed E-state index contributed by atoms with van der Waals surface area (Å²) in [6.07, 6.45) is 7.00. The summed E-state index contributed by atoms with van der Waals surface area (Å²) >= 11 is 0. The highest BCUT2D eigenvalue weighted by Gasteiger charge is 2.15. The van der Waals surface area contributed by atoms with Gasteiger partial charge in [0.1, 0.15) is 0 Å². The molecule has 6 aromatic carbocycles. The molecule has 0 aliphatic rings. The lowest BCUT2D eigenvalue weighted by atomic mass is 9.96. The van der Waals surface area contributed by atoms with Gasteiger partial charge in [0, 0.05) is 58.2 Å². The van der Waals surface area contributed by atoms with Crippen LogP contribution in [-0.4, -0.2) is 39.9 Å². The molecule has 4 heterocycles. The monoisotopic (exact) mass is 744 g/mol. The molecule has 4 aromatic heterocycles. The van der Waals surface area contributed by atoms with E-state index in [4.69, 9.17) is 29.9 Å². The Morgan fingerprint density at radius 2 is 0.517 bits per heavy atom. The Hall–Kier alpha value is -8.10. The maximum Gasteiger partial charge on any atom is 0.164 e. The van der Waals surface area contributed by atoms with Crippen molar-refractivity contribution in [2.75, 3.05) is 0 Å². The van der Waals surface area contributed by atoms with Gasteiger partial charge >= 0.3 is 0 Å². The first-order chi connectivity index (χ1) is 28.7. The average Bonchev–Trinajstić information content (AvgIpc) is 3.32. The summed E-state index contributed by atoms with van der Waals surface area (Å²) in [5, 5.41) is 2.28. The molecule has 0 bridgehead atoms. The smallest absolute Gasteiger partial charge is 0.164 e. The summed E-state index contributed by atoms with van der Waals surface area (Å²) in [5.41, 5.74) is 9.72. The van der Waals surface area contributed by atoms with Crippen molar-refractivity contribution in [1.82, 2.24) is 39.9 Å². The number of rotatable bonds is 8. The third-order valence-corrected chi connectivity index (χ3v) is 9.96. The van der Waals surface area contributed by atoms with E-state index in [-0.39, 0.29) is 0 Å². The van der Waals surface area contributed by atoms with E-state index >= 15 is 0 Å². The first kappa shape index (κ1) is 34.4. The van der Waals surface area contributed by atoms with Crippen LogP contribution in [0.5, 0.6) is 0 Å². The standard InChI is InChI=1S/C50H32N8/c1-3-9-34(10-4-1)45-53-47(36-21-25-51-26-22-36)57-49(55-45)42-15-7-13-38(29-42)40-19-17-33-18-20-41(32-44(33)31-40)39-14-8-16-43(30-39)50-56-46(35-11-5-2-6-12-35)54-48(58-50)37-23-27-52-28-24-37/h1-32H. The van der Waals surface area contributed by atoms with Gasteiger partial charge in [0.2, 0.25) is 0 Å². The molecule has 0 fully saturated rings. The third-order valence-electron chi connectivity index (χ3n) is 9.96. The Bertz CT molecular complexity index is 2730. The number of nitrogens with zero attached hydrogens (tertiary/aromatic N) is 8. The van der Waals surface area contributed by atoms with Crippen LogP contribution in [0.15, 0.2) is 195 Å². The molecule has 272 valence electrons. The third kappa shape index (κ3) is 7.09. The van der Waals surface area contributed by atoms with Crippen LogP contribution in [0.4, 0.5) is 0 Å². The fourth-order valence-electron chi connectivity index (χ4n) is 6.98. The van der Waals surface area contributed by atoms with E-state index in [9.17, 15) is 0 Å². The SMILES string of the molecule is c1ccc(-c2nc(-c3ccncc3)nc(-c3cccc(-c4ccc5ccc(-c6cccc(-c7nc(-c8ccccc8)nc(-c8ccncc8)n7)c6)cc5c4)c3)n2)cc1. The first-order valence-corrected chi connectivity index (χ1v) is 18.9. The molecule has 8 nitrogen and oxygen atoms in total. The molecule has 0 saturated carbocycles. The van der Waals surface area contributed by atoms with Crippen LogP contribution in [0.2, 0.25) is 0 Å². The van der Waals surface area contributed by atoms with Gasteiger partial charge in [-0.3, -0.25) is 9.97 Å². The summed E-state index contributed by atoms with van der Waals surface area (Å²) in [7, 11) is 0. The zero-order chi connectivity index (χ0) is 38.7. The van der Waals surface area contributed by atoms with Gasteiger partial charge in [-0.05, 0) is 81.6 Å². The quantitative estimate of drug-likeness (QED) is 0.151. The van der Waals surface area contributed by atoms with Crippen LogP contribution >= 0.6 is 0 Å². The zero-order valence-corrected chi connectivity index (χ0v) is 31.1. The van der Waals surface area contributed by atoms with Crippen molar-refractivity contribution < 1.29 is 0 Å². The fourth-order valence-corrected chi connectivity index (χ4v) is 6.98. The molecular formula is C50H32N8.